The summed E-state index contributed by atoms with van der Waals surface area (Å²) < 4.78 is 0.820. The van der Waals surface area contributed by atoms with Gasteiger partial charge in [-0.3, -0.25) is 4.79 Å². The first-order valence-electron chi connectivity index (χ1n) is 6.45. The van der Waals surface area contributed by atoms with Gasteiger partial charge in [-0.25, -0.2) is 4.98 Å². The van der Waals surface area contributed by atoms with Gasteiger partial charge in [-0.05, 0) is 5.56 Å². The van der Waals surface area contributed by atoms with Gasteiger partial charge in [0.2, 0.25) is 11.0 Å². The summed E-state index contributed by atoms with van der Waals surface area (Å²) in [6, 6.07) is 10.2. The van der Waals surface area contributed by atoms with E-state index in [-0.39, 0.29) is 5.91 Å². The van der Waals surface area contributed by atoms with Crippen LogP contribution in [0.3, 0.4) is 0 Å². The number of benzene rings is 1. The molecule has 0 aliphatic heterocycles. The fourth-order valence-corrected chi connectivity index (χ4v) is 4.43. The van der Waals surface area contributed by atoms with E-state index in [1.807, 2.05) is 24.4 Å². The smallest absolute Gasteiger partial charge is 0.223 e. The third-order valence-electron chi connectivity index (χ3n) is 2.62. The zero-order chi connectivity index (χ0) is 15.4. The van der Waals surface area contributed by atoms with E-state index < -0.39 is 0 Å². The molecule has 0 spiro atoms. The van der Waals surface area contributed by atoms with Gasteiger partial charge < -0.3 is 5.32 Å². The number of carbonyl (C=O) groups is 1. The number of rotatable bonds is 5. The summed E-state index contributed by atoms with van der Waals surface area (Å²) in [4.78, 5) is 16.6. The van der Waals surface area contributed by atoms with Gasteiger partial charge in [0.15, 0.2) is 4.34 Å². The first kappa shape index (κ1) is 15.1. The number of carbonyl (C=O) groups excluding carboxylic acids is 1. The van der Waals surface area contributed by atoms with Crippen LogP contribution in [0.15, 0.2) is 40.9 Å². The van der Waals surface area contributed by atoms with E-state index in [0.29, 0.717) is 5.13 Å². The Labute approximate surface area is 139 Å². The second-order valence-corrected chi connectivity index (χ2v) is 7.64. The second kappa shape index (κ2) is 6.99. The normalized spacial score (nSPS) is 10.6. The van der Waals surface area contributed by atoms with Crippen molar-refractivity contribution < 1.29 is 4.79 Å². The summed E-state index contributed by atoms with van der Waals surface area (Å²) in [5.41, 5.74) is 1.18. The van der Waals surface area contributed by atoms with Crippen molar-refractivity contribution in [1.29, 1.82) is 0 Å². The quantitative estimate of drug-likeness (QED) is 0.559. The van der Waals surface area contributed by atoms with Crippen molar-refractivity contribution in [3.63, 3.8) is 0 Å². The van der Waals surface area contributed by atoms with Crippen LogP contribution in [-0.4, -0.2) is 21.1 Å². The molecule has 112 valence electrons. The molecule has 1 amide bonds. The Hall–Kier alpha value is -1.77. The van der Waals surface area contributed by atoms with Crippen LogP contribution < -0.4 is 5.32 Å². The Bertz CT molecular complexity index is 769. The molecule has 0 bridgehead atoms. The molecule has 0 aliphatic rings. The molecule has 0 fully saturated rings. The zero-order valence-electron chi connectivity index (χ0n) is 11.6. The lowest BCUT2D eigenvalue weighted by Crippen LogP contribution is -2.04. The number of aromatic nitrogens is 3. The van der Waals surface area contributed by atoms with Gasteiger partial charge >= 0.3 is 0 Å². The molecular formula is C14H12N4OS3. The Morgan fingerprint density at radius 2 is 2.05 bits per heavy atom. The van der Waals surface area contributed by atoms with Crippen molar-refractivity contribution in [3.05, 3.63) is 41.5 Å². The van der Waals surface area contributed by atoms with Crippen LogP contribution in [0, 0.1) is 0 Å². The van der Waals surface area contributed by atoms with Crippen LogP contribution in [0.2, 0.25) is 0 Å². The van der Waals surface area contributed by atoms with Gasteiger partial charge in [0, 0.05) is 13.1 Å². The highest BCUT2D eigenvalue weighted by Gasteiger charge is 2.09. The Morgan fingerprint density at radius 1 is 1.23 bits per heavy atom. The number of thioether (sulfide) groups is 1. The average molecular weight is 348 g/mol. The summed E-state index contributed by atoms with van der Waals surface area (Å²) in [6.07, 6.45) is 1.90. The van der Waals surface area contributed by atoms with Gasteiger partial charge in [-0.1, -0.05) is 53.4 Å². The molecule has 5 nitrogen and oxygen atoms in total. The molecule has 3 aromatic rings. The molecule has 22 heavy (non-hydrogen) atoms. The van der Waals surface area contributed by atoms with Crippen LogP contribution in [0.4, 0.5) is 5.13 Å². The molecular weight excluding hydrogens is 336 g/mol. The molecule has 0 atom stereocenters. The van der Waals surface area contributed by atoms with Crippen LogP contribution >= 0.6 is 34.4 Å². The minimum atomic E-state index is -0.139. The van der Waals surface area contributed by atoms with Gasteiger partial charge in [-0.2, -0.15) is 0 Å². The molecule has 2 aromatic heterocycles. The molecule has 0 saturated heterocycles. The number of thiazole rings is 1. The first-order chi connectivity index (χ1) is 10.7. The minimum Gasteiger partial charge on any atom is -0.301 e. The van der Waals surface area contributed by atoms with Crippen molar-refractivity contribution in [3.8, 4) is 10.4 Å². The van der Waals surface area contributed by atoms with Gasteiger partial charge in [0.05, 0.1) is 10.6 Å². The topological polar surface area (TPSA) is 67.8 Å². The van der Waals surface area contributed by atoms with Crippen molar-refractivity contribution >= 4 is 45.5 Å². The molecule has 0 saturated carbocycles. The maximum atomic E-state index is 11.0. The van der Waals surface area contributed by atoms with Crippen molar-refractivity contribution in [2.45, 2.75) is 17.0 Å². The highest BCUT2D eigenvalue weighted by Crippen LogP contribution is 2.32. The monoisotopic (exact) mass is 348 g/mol. The van der Waals surface area contributed by atoms with E-state index in [4.69, 9.17) is 0 Å². The maximum absolute atomic E-state index is 11.0. The van der Waals surface area contributed by atoms with E-state index in [2.05, 4.69) is 32.6 Å². The zero-order valence-corrected chi connectivity index (χ0v) is 14.1. The fourth-order valence-electron chi connectivity index (χ4n) is 1.71. The molecule has 0 radical (unpaired) electrons. The average Bonchev–Trinajstić information content (AvgIpc) is 3.15. The van der Waals surface area contributed by atoms with Crippen molar-refractivity contribution in [2.75, 3.05) is 5.32 Å². The molecule has 3 rings (SSSR count). The standard InChI is InChI=1S/C14H12N4OS3/c1-9(19)16-13-17-18-14(22-13)20-8-12-15-7-11(21-12)10-5-3-2-4-6-10/h2-7H,8H2,1H3,(H,16,17,19). The van der Waals surface area contributed by atoms with E-state index in [0.717, 1.165) is 20.0 Å². The number of nitrogens with one attached hydrogen (secondary N) is 1. The first-order valence-corrected chi connectivity index (χ1v) is 9.06. The molecule has 0 unspecified atom stereocenters. The van der Waals surface area contributed by atoms with E-state index >= 15 is 0 Å². The highest BCUT2D eigenvalue weighted by molar-refractivity contribution is 8.00. The lowest BCUT2D eigenvalue weighted by Gasteiger charge is -1.94. The van der Waals surface area contributed by atoms with Crippen LogP contribution in [0.1, 0.15) is 11.9 Å². The summed E-state index contributed by atoms with van der Waals surface area (Å²) in [7, 11) is 0. The SMILES string of the molecule is CC(=O)Nc1nnc(SCc2ncc(-c3ccccc3)s2)s1. The van der Waals surface area contributed by atoms with E-state index in [1.165, 1.54) is 23.8 Å². The molecule has 1 aromatic carbocycles. The van der Waals surface area contributed by atoms with E-state index in [1.54, 1.807) is 23.1 Å². The van der Waals surface area contributed by atoms with Crippen molar-refractivity contribution in [1.82, 2.24) is 15.2 Å². The van der Waals surface area contributed by atoms with Gasteiger partial charge in [0.25, 0.3) is 0 Å². The third kappa shape index (κ3) is 3.90. The second-order valence-electron chi connectivity index (χ2n) is 4.33. The Balaban J connectivity index is 1.61. The third-order valence-corrected chi connectivity index (χ3v) is 5.83. The summed E-state index contributed by atoms with van der Waals surface area (Å²) in [5, 5.41) is 12.2. The number of nitrogens with zero attached hydrogens (tertiary/aromatic N) is 3. The Kier molecular flexibility index (Phi) is 4.81. The molecule has 8 heteroatoms. The maximum Gasteiger partial charge on any atom is 0.223 e. The summed E-state index contributed by atoms with van der Waals surface area (Å²) >= 11 is 4.62. The van der Waals surface area contributed by atoms with Crippen LogP contribution in [0.5, 0.6) is 0 Å². The largest absolute Gasteiger partial charge is 0.301 e. The molecule has 0 aliphatic carbocycles. The Morgan fingerprint density at radius 3 is 2.82 bits per heavy atom. The lowest BCUT2D eigenvalue weighted by molar-refractivity contribution is -0.114. The number of hydrogen-bond acceptors (Lipinski definition) is 7. The molecule has 1 N–H and O–H groups in total. The predicted octanol–water partition coefficient (Wildman–Crippen LogP) is 3.91. The minimum absolute atomic E-state index is 0.139. The number of hydrogen-bond donors (Lipinski definition) is 1. The van der Waals surface area contributed by atoms with Crippen molar-refractivity contribution in [2.24, 2.45) is 0 Å². The summed E-state index contributed by atoms with van der Waals surface area (Å²) in [5.74, 6) is 0.603. The van der Waals surface area contributed by atoms with Gasteiger partial charge in [-0.15, -0.1) is 21.5 Å². The highest BCUT2D eigenvalue weighted by atomic mass is 32.2. The van der Waals surface area contributed by atoms with E-state index in [9.17, 15) is 4.79 Å². The molecule has 2 heterocycles. The lowest BCUT2D eigenvalue weighted by atomic mass is 10.2. The number of anilines is 1. The predicted molar refractivity (Wildman–Crippen MR) is 91.3 cm³/mol. The van der Waals surface area contributed by atoms with Crippen LogP contribution in [0.25, 0.3) is 10.4 Å². The number of amides is 1. The summed E-state index contributed by atoms with van der Waals surface area (Å²) in [6.45, 7) is 1.45. The fraction of sp³-hybridized carbons (Fsp3) is 0.143. The van der Waals surface area contributed by atoms with Gasteiger partial charge in [0.1, 0.15) is 5.01 Å². The van der Waals surface area contributed by atoms with Crippen LogP contribution in [-0.2, 0) is 10.5 Å².